The maximum atomic E-state index is 12.6. The van der Waals surface area contributed by atoms with Gasteiger partial charge in [0.15, 0.2) is 10.9 Å². The zero-order valence-corrected chi connectivity index (χ0v) is 13.2. The number of hydrogen-bond acceptors (Lipinski definition) is 2. The Bertz CT molecular complexity index is 695. The van der Waals surface area contributed by atoms with Gasteiger partial charge < -0.3 is 10.6 Å². The summed E-state index contributed by atoms with van der Waals surface area (Å²) in [6.07, 6.45) is 0. The number of carbonyl (C=O) groups excluding carboxylic acids is 1. The van der Waals surface area contributed by atoms with Gasteiger partial charge in [0.05, 0.1) is 5.69 Å². The highest BCUT2D eigenvalue weighted by Gasteiger charge is 2.13. The summed E-state index contributed by atoms with van der Waals surface area (Å²) in [7, 11) is 0. The molecule has 0 aliphatic heterocycles. The van der Waals surface area contributed by atoms with E-state index in [2.05, 4.69) is 17.2 Å². The fraction of sp³-hybridized carbons (Fsp3) is 0.111. The number of thiocarbonyl (C=S) groups is 1. The van der Waals surface area contributed by atoms with Crippen LogP contribution in [0.3, 0.4) is 0 Å². The van der Waals surface area contributed by atoms with Crippen LogP contribution in [0.5, 0.6) is 0 Å². The fourth-order valence-electron chi connectivity index (χ4n) is 1.93. The van der Waals surface area contributed by atoms with Crippen LogP contribution in [0.4, 0.5) is 5.69 Å². The minimum atomic E-state index is -0.0357. The van der Waals surface area contributed by atoms with Gasteiger partial charge in [0.1, 0.15) is 0 Å². The molecule has 112 valence electrons. The Labute approximate surface area is 136 Å². The Hall–Kier alpha value is -2.46. The average Bonchev–Trinajstić information content (AvgIpc) is 2.53. The van der Waals surface area contributed by atoms with E-state index in [1.165, 1.54) is 0 Å². The van der Waals surface area contributed by atoms with Crippen LogP contribution >= 0.6 is 12.2 Å². The molecule has 0 atom stereocenters. The quantitative estimate of drug-likeness (QED) is 0.501. The number of benzene rings is 2. The number of para-hydroxylation sites is 1. The standard InChI is InChI=1S/C18H18N2OS/c1-13(2)12-19-18(22)20-16-11-7-6-10-15(16)17(21)14-8-4-3-5-9-14/h3-11H,1,12H2,2H3,(H2,19,20,22). The van der Waals surface area contributed by atoms with Crippen LogP contribution in [-0.4, -0.2) is 17.4 Å². The monoisotopic (exact) mass is 310 g/mol. The molecule has 0 saturated heterocycles. The minimum Gasteiger partial charge on any atom is -0.359 e. The first-order valence-corrected chi connectivity index (χ1v) is 7.37. The zero-order chi connectivity index (χ0) is 15.9. The van der Waals surface area contributed by atoms with Crippen LogP contribution in [0.1, 0.15) is 22.8 Å². The summed E-state index contributed by atoms with van der Waals surface area (Å²) in [6.45, 7) is 6.33. The molecule has 4 heteroatoms. The number of rotatable bonds is 5. The molecule has 0 fully saturated rings. The van der Waals surface area contributed by atoms with E-state index in [0.29, 0.717) is 28.5 Å². The second-order valence-electron chi connectivity index (χ2n) is 5.01. The lowest BCUT2D eigenvalue weighted by Gasteiger charge is -2.13. The highest BCUT2D eigenvalue weighted by Crippen LogP contribution is 2.19. The molecular formula is C18H18N2OS. The molecule has 0 saturated carbocycles. The largest absolute Gasteiger partial charge is 0.359 e. The highest BCUT2D eigenvalue weighted by molar-refractivity contribution is 7.80. The fourth-order valence-corrected chi connectivity index (χ4v) is 2.11. The third kappa shape index (κ3) is 4.27. The van der Waals surface area contributed by atoms with Gasteiger partial charge in [-0.3, -0.25) is 4.79 Å². The van der Waals surface area contributed by atoms with E-state index in [4.69, 9.17) is 12.2 Å². The minimum absolute atomic E-state index is 0.0357. The van der Waals surface area contributed by atoms with Crippen molar-refractivity contribution in [2.45, 2.75) is 6.92 Å². The summed E-state index contributed by atoms with van der Waals surface area (Å²) in [5.41, 5.74) is 2.92. The number of hydrogen-bond donors (Lipinski definition) is 2. The van der Waals surface area contributed by atoms with Gasteiger partial charge in [0.25, 0.3) is 0 Å². The van der Waals surface area contributed by atoms with Gasteiger partial charge >= 0.3 is 0 Å². The lowest BCUT2D eigenvalue weighted by Crippen LogP contribution is -2.30. The molecule has 0 amide bonds. The van der Waals surface area contributed by atoms with Crippen molar-refractivity contribution in [2.75, 3.05) is 11.9 Å². The Morgan fingerprint density at radius 1 is 1.09 bits per heavy atom. The third-order valence-corrected chi connectivity index (χ3v) is 3.25. The molecular weight excluding hydrogens is 292 g/mol. The molecule has 2 aromatic rings. The summed E-state index contributed by atoms with van der Waals surface area (Å²) in [5, 5.41) is 6.59. The summed E-state index contributed by atoms with van der Waals surface area (Å²) in [4.78, 5) is 12.6. The van der Waals surface area contributed by atoms with Crippen molar-refractivity contribution in [2.24, 2.45) is 0 Å². The highest BCUT2D eigenvalue weighted by atomic mass is 32.1. The van der Waals surface area contributed by atoms with E-state index < -0.39 is 0 Å². The van der Waals surface area contributed by atoms with Crippen molar-refractivity contribution in [3.8, 4) is 0 Å². The van der Waals surface area contributed by atoms with Crippen LogP contribution in [0.25, 0.3) is 0 Å². The zero-order valence-electron chi connectivity index (χ0n) is 12.4. The van der Waals surface area contributed by atoms with E-state index in [0.717, 1.165) is 5.57 Å². The van der Waals surface area contributed by atoms with Gasteiger partial charge in [-0.05, 0) is 31.3 Å². The molecule has 2 aromatic carbocycles. The van der Waals surface area contributed by atoms with Crippen LogP contribution < -0.4 is 10.6 Å². The predicted molar refractivity (Wildman–Crippen MR) is 95.4 cm³/mol. The molecule has 0 radical (unpaired) electrons. The predicted octanol–water partition coefficient (Wildman–Crippen LogP) is 3.78. The van der Waals surface area contributed by atoms with E-state index in [1.54, 1.807) is 18.2 Å². The Morgan fingerprint density at radius 3 is 2.41 bits per heavy atom. The molecule has 3 nitrogen and oxygen atoms in total. The van der Waals surface area contributed by atoms with E-state index in [-0.39, 0.29) is 5.78 Å². The molecule has 0 aromatic heterocycles. The van der Waals surface area contributed by atoms with Crippen molar-refractivity contribution in [1.29, 1.82) is 0 Å². The van der Waals surface area contributed by atoms with Crippen molar-refractivity contribution >= 4 is 28.8 Å². The molecule has 2 rings (SSSR count). The van der Waals surface area contributed by atoms with E-state index in [1.807, 2.05) is 43.3 Å². The van der Waals surface area contributed by atoms with Gasteiger partial charge in [0.2, 0.25) is 0 Å². The second-order valence-corrected chi connectivity index (χ2v) is 5.41. The summed E-state index contributed by atoms with van der Waals surface area (Å²) >= 11 is 5.24. The number of ketones is 1. The van der Waals surface area contributed by atoms with Gasteiger partial charge in [-0.1, -0.05) is 54.6 Å². The maximum Gasteiger partial charge on any atom is 0.195 e. The smallest absolute Gasteiger partial charge is 0.195 e. The topological polar surface area (TPSA) is 41.1 Å². The van der Waals surface area contributed by atoms with Crippen LogP contribution in [0.2, 0.25) is 0 Å². The number of nitrogens with one attached hydrogen (secondary N) is 2. The molecule has 0 bridgehead atoms. The molecule has 0 aliphatic rings. The number of anilines is 1. The van der Waals surface area contributed by atoms with Crippen LogP contribution in [0.15, 0.2) is 66.7 Å². The average molecular weight is 310 g/mol. The van der Waals surface area contributed by atoms with Crippen molar-refractivity contribution in [3.63, 3.8) is 0 Å². The maximum absolute atomic E-state index is 12.6. The van der Waals surface area contributed by atoms with E-state index >= 15 is 0 Å². The van der Waals surface area contributed by atoms with Gasteiger partial charge in [-0.25, -0.2) is 0 Å². The third-order valence-electron chi connectivity index (χ3n) is 3.01. The summed E-state index contributed by atoms with van der Waals surface area (Å²) < 4.78 is 0. The lowest BCUT2D eigenvalue weighted by molar-refractivity contribution is 0.103. The first-order chi connectivity index (χ1) is 10.6. The van der Waals surface area contributed by atoms with Crippen molar-refractivity contribution in [3.05, 3.63) is 77.9 Å². The summed E-state index contributed by atoms with van der Waals surface area (Å²) in [5.74, 6) is -0.0357. The summed E-state index contributed by atoms with van der Waals surface area (Å²) in [6, 6.07) is 16.5. The van der Waals surface area contributed by atoms with Gasteiger partial charge in [-0.2, -0.15) is 0 Å². The molecule has 0 spiro atoms. The Balaban J connectivity index is 2.18. The molecule has 0 heterocycles. The Morgan fingerprint density at radius 2 is 1.73 bits per heavy atom. The molecule has 22 heavy (non-hydrogen) atoms. The molecule has 2 N–H and O–H groups in total. The lowest BCUT2D eigenvalue weighted by atomic mass is 10.0. The normalized spacial score (nSPS) is 9.86. The Kier molecular flexibility index (Phi) is 5.44. The van der Waals surface area contributed by atoms with Crippen molar-refractivity contribution < 1.29 is 4.79 Å². The first-order valence-electron chi connectivity index (χ1n) is 6.96. The molecule has 0 aliphatic carbocycles. The second kappa shape index (κ2) is 7.52. The first kappa shape index (κ1) is 15.9. The van der Waals surface area contributed by atoms with Crippen LogP contribution in [-0.2, 0) is 0 Å². The van der Waals surface area contributed by atoms with Crippen molar-refractivity contribution in [1.82, 2.24) is 5.32 Å². The number of carbonyl (C=O) groups is 1. The van der Waals surface area contributed by atoms with Gasteiger partial charge in [-0.15, -0.1) is 0 Å². The SMILES string of the molecule is C=C(C)CNC(=S)Nc1ccccc1C(=O)c1ccccc1. The molecule has 0 unspecified atom stereocenters. The van der Waals surface area contributed by atoms with Gasteiger partial charge in [0, 0.05) is 17.7 Å². The van der Waals surface area contributed by atoms with E-state index in [9.17, 15) is 4.79 Å². The van der Waals surface area contributed by atoms with Crippen LogP contribution in [0, 0.1) is 0 Å².